The fourth-order valence-corrected chi connectivity index (χ4v) is 5.82. The van der Waals surface area contributed by atoms with Gasteiger partial charge in [-0.1, -0.05) is 12.1 Å². The van der Waals surface area contributed by atoms with E-state index in [0.717, 1.165) is 0 Å². The van der Waals surface area contributed by atoms with Gasteiger partial charge in [-0.15, -0.1) is 0 Å². The number of rotatable bonds is 7. The van der Waals surface area contributed by atoms with Crippen molar-refractivity contribution in [2.45, 2.75) is 75.6 Å². The Kier molecular flexibility index (Phi) is 7.86. The van der Waals surface area contributed by atoms with Gasteiger partial charge in [-0.25, -0.2) is 13.6 Å². The molecule has 4 amide bonds. The third-order valence-electron chi connectivity index (χ3n) is 7.96. The van der Waals surface area contributed by atoms with Gasteiger partial charge in [0.2, 0.25) is 17.7 Å². The van der Waals surface area contributed by atoms with Crippen molar-refractivity contribution in [3.05, 3.63) is 65.2 Å². The molecule has 2 aromatic carbocycles. The summed E-state index contributed by atoms with van der Waals surface area (Å²) in [5.41, 5.74) is -0.974. The number of carbonyl (C=O) groups is 4. The summed E-state index contributed by atoms with van der Waals surface area (Å²) in [6.45, 7) is 4.86. The summed E-state index contributed by atoms with van der Waals surface area (Å²) in [6, 6.07) is 8.21. The molecule has 1 spiro atoms. The molecule has 12 heteroatoms. The van der Waals surface area contributed by atoms with Gasteiger partial charge in [-0.05, 0) is 81.0 Å². The minimum Gasteiger partial charge on any atom is -0.444 e. The zero-order valence-electron chi connectivity index (χ0n) is 24.1. The molecule has 2 heterocycles. The average molecular weight is 594 g/mol. The molecule has 2 fully saturated rings. The lowest BCUT2D eigenvalue weighted by Gasteiger charge is -2.29. The highest BCUT2D eigenvalue weighted by molar-refractivity contribution is 6.07. The van der Waals surface area contributed by atoms with Crippen LogP contribution in [0, 0.1) is 28.9 Å². The van der Waals surface area contributed by atoms with Gasteiger partial charge in [0.25, 0.3) is 0 Å². The predicted octanol–water partition coefficient (Wildman–Crippen LogP) is 3.31. The maximum Gasteiger partial charge on any atom is 0.408 e. The molecule has 226 valence electrons. The van der Waals surface area contributed by atoms with Crippen LogP contribution in [0.25, 0.3) is 0 Å². The molecule has 1 saturated carbocycles. The van der Waals surface area contributed by atoms with Crippen LogP contribution in [0.5, 0.6) is 0 Å². The smallest absolute Gasteiger partial charge is 0.408 e. The summed E-state index contributed by atoms with van der Waals surface area (Å²) in [4.78, 5) is 54.6. The molecule has 3 N–H and O–H groups in total. The molecule has 5 rings (SSSR count). The van der Waals surface area contributed by atoms with E-state index in [1.807, 2.05) is 0 Å². The SMILES string of the molecule is CC(C)(C)OC(=O)N[C@H](C(=O)N[C@@H](Cc1cccc(F)c1)C(=O)N1C[C@]2(C[C@H]1C#N)C(=O)Nc1ccc(F)cc12)C1CC1. The normalized spacial score (nSPS) is 22.3. The fourth-order valence-electron chi connectivity index (χ4n) is 5.82. The Bertz CT molecular complexity index is 1510. The number of nitriles is 1. The number of fused-ring (bicyclic) bond motifs is 2. The third kappa shape index (κ3) is 6.30. The second kappa shape index (κ2) is 11.3. The zero-order chi connectivity index (χ0) is 31.1. The number of hydrogen-bond donors (Lipinski definition) is 3. The first-order valence-electron chi connectivity index (χ1n) is 14.2. The van der Waals surface area contributed by atoms with Crippen LogP contribution in [0.15, 0.2) is 42.5 Å². The Morgan fingerprint density at radius 2 is 1.86 bits per heavy atom. The second-order valence-corrected chi connectivity index (χ2v) is 12.4. The molecule has 43 heavy (non-hydrogen) atoms. The number of amides is 4. The minimum atomic E-state index is -1.35. The van der Waals surface area contributed by atoms with Crippen LogP contribution in [-0.2, 0) is 31.0 Å². The van der Waals surface area contributed by atoms with Gasteiger partial charge in [-0.2, -0.15) is 5.26 Å². The Morgan fingerprint density at radius 3 is 2.51 bits per heavy atom. The van der Waals surface area contributed by atoms with E-state index in [1.165, 1.54) is 41.3 Å². The first-order chi connectivity index (χ1) is 20.3. The number of alkyl carbamates (subject to hydrolysis) is 1. The lowest BCUT2D eigenvalue weighted by atomic mass is 9.79. The molecular weight excluding hydrogens is 560 g/mol. The molecule has 0 radical (unpaired) electrons. The zero-order valence-corrected chi connectivity index (χ0v) is 24.1. The Morgan fingerprint density at radius 1 is 1.14 bits per heavy atom. The molecule has 4 atom stereocenters. The van der Waals surface area contributed by atoms with E-state index in [9.17, 15) is 33.2 Å². The van der Waals surface area contributed by atoms with Crippen molar-refractivity contribution in [3.8, 4) is 6.07 Å². The van der Waals surface area contributed by atoms with Gasteiger partial charge in [0, 0.05) is 25.1 Å². The molecule has 0 unspecified atom stereocenters. The number of carbonyl (C=O) groups excluding carboxylic acids is 4. The summed E-state index contributed by atoms with van der Waals surface area (Å²) in [6.07, 6.45) is 0.407. The van der Waals surface area contributed by atoms with Crippen LogP contribution in [0.3, 0.4) is 0 Å². The van der Waals surface area contributed by atoms with E-state index in [2.05, 4.69) is 22.0 Å². The van der Waals surface area contributed by atoms with Gasteiger partial charge in [0.15, 0.2) is 0 Å². The van der Waals surface area contributed by atoms with Crippen LogP contribution < -0.4 is 16.0 Å². The standard InChI is InChI=1S/C31H33F2N5O5/c1-30(2,3)43-29(42)37-25(18-7-8-18)26(39)35-24(12-17-5-4-6-19(32)11-17)27(40)38-16-31(14-21(38)15-34)22-13-20(33)9-10-23(22)36-28(31)41/h4-6,9-11,13,18,21,24-25H,7-8,12,14,16H2,1-3H3,(H,35,39)(H,36,41)(H,37,42)/t21-,24-,25-,31-/m0/s1. The maximum atomic E-state index is 14.2. The van der Waals surface area contributed by atoms with E-state index in [1.54, 1.807) is 26.8 Å². The van der Waals surface area contributed by atoms with Crippen molar-refractivity contribution in [2.75, 3.05) is 11.9 Å². The van der Waals surface area contributed by atoms with E-state index in [-0.39, 0.29) is 25.3 Å². The molecule has 1 aliphatic carbocycles. The molecule has 0 aromatic heterocycles. The lowest BCUT2D eigenvalue weighted by molar-refractivity contribution is -0.137. The number of halogens is 2. The first kappa shape index (κ1) is 29.9. The van der Waals surface area contributed by atoms with Crippen LogP contribution >= 0.6 is 0 Å². The number of nitrogens with one attached hydrogen (secondary N) is 3. The number of nitrogens with zero attached hydrogens (tertiary/aromatic N) is 2. The van der Waals surface area contributed by atoms with E-state index in [4.69, 9.17) is 4.74 Å². The Balaban J connectivity index is 1.42. The Labute approximate surface area is 247 Å². The van der Waals surface area contributed by atoms with Crippen molar-refractivity contribution in [3.63, 3.8) is 0 Å². The molecular formula is C31H33F2N5O5. The largest absolute Gasteiger partial charge is 0.444 e. The molecule has 10 nitrogen and oxygen atoms in total. The van der Waals surface area contributed by atoms with Gasteiger partial charge in [-0.3, -0.25) is 14.4 Å². The monoisotopic (exact) mass is 593 g/mol. The van der Waals surface area contributed by atoms with E-state index in [0.29, 0.717) is 29.7 Å². The quantitative estimate of drug-likeness (QED) is 0.450. The summed E-state index contributed by atoms with van der Waals surface area (Å²) < 4.78 is 33.6. The number of ether oxygens (including phenoxy) is 1. The predicted molar refractivity (Wildman–Crippen MR) is 150 cm³/mol. The van der Waals surface area contributed by atoms with Crippen molar-refractivity contribution < 1.29 is 32.7 Å². The number of benzene rings is 2. The molecule has 2 aromatic rings. The minimum absolute atomic E-state index is 0.0664. The van der Waals surface area contributed by atoms with E-state index < -0.39 is 64.6 Å². The molecule has 0 bridgehead atoms. The molecule has 2 aliphatic heterocycles. The van der Waals surface area contributed by atoms with Crippen molar-refractivity contribution in [1.82, 2.24) is 15.5 Å². The van der Waals surface area contributed by atoms with Gasteiger partial charge < -0.3 is 25.6 Å². The number of likely N-dealkylation sites (tertiary alicyclic amines) is 1. The summed E-state index contributed by atoms with van der Waals surface area (Å²) in [5.74, 6) is -3.00. The highest BCUT2D eigenvalue weighted by Crippen LogP contribution is 2.46. The molecule has 3 aliphatic rings. The summed E-state index contributed by atoms with van der Waals surface area (Å²) in [5, 5.41) is 18.1. The topological polar surface area (TPSA) is 141 Å². The fraction of sp³-hybridized carbons (Fsp3) is 0.452. The van der Waals surface area contributed by atoms with E-state index >= 15 is 0 Å². The van der Waals surface area contributed by atoms with Crippen molar-refractivity contribution in [2.24, 2.45) is 5.92 Å². The van der Waals surface area contributed by atoms with Crippen LogP contribution in [0.1, 0.15) is 51.2 Å². The van der Waals surface area contributed by atoms with Crippen LogP contribution in [0.2, 0.25) is 0 Å². The Hall–Kier alpha value is -4.53. The number of anilines is 1. The van der Waals surface area contributed by atoms with Crippen molar-refractivity contribution >= 4 is 29.5 Å². The van der Waals surface area contributed by atoms with Gasteiger partial charge >= 0.3 is 6.09 Å². The highest BCUT2D eigenvalue weighted by Gasteiger charge is 2.57. The average Bonchev–Trinajstić information content (AvgIpc) is 3.64. The maximum absolute atomic E-state index is 14.2. The second-order valence-electron chi connectivity index (χ2n) is 12.4. The van der Waals surface area contributed by atoms with Crippen LogP contribution in [0.4, 0.5) is 19.3 Å². The summed E-state index contributed by atoms with van der Waals surface area (Å²) in [7, 11) is 0. The highest BCUT2D eigenvalue weighted by atomic mass is 19.1. The van der Waals surface area contributed by atoms with Gasteiger partial charge in [0.1, 0.15) is 35.4 Å². The lowest BCUT2D eigenvalue weighted by Crippen LogP contribution is -2.57. The number of hydrogen-bond acceptors (Lipinski definition) is 6. The first-order valence-corrected chi connectivity index (χ1v) is 14.2. The van der Waals surface area contributed by atoms with Crippen molar-refractivity contribution in [1.29, 1.82) is 5.26 Å². The summed E-state index contributed by atoms with van der Waals surface area (Å²) >= 11 is 0. The van der Waals surface area contributed by atoms with Crippen LogP contribution in [-0.4, -0.2) is 59.0 Å². The van der Waals surface area contributed by atoms with Gasteiger partial charge in [0.05, 0.1) is 11.5 Å². The molecule has 1 saturated heterocycles. The third-order valence-corrected chi connectivity index (χ3v) is 7.96.